The van der Waals surface area contributed by atoms with Crippen molar-refractivity contribution in [3.05, 3.63) is 78.4 Å². The Labute approximate surface area is 146 Å². The fourth-order valence-corrected chi connectivity index (χ4v) is 6.16. The van der Waals surface area contributed by atoms with Crippen molar-refractivity contribution in [3.8, 4) is 0 Å². The van der Waals surface area contributed by atoms with E-state index in [2.05, 4.69) is 49.5 Å². The molecule has 0 saturated heterocycles. The maximum Gasteiger partial charge on any atom is 0.306 e. The molecule has 0 aromatic heterocycles. The fourth-order valence-electron chi connectivity index (χ4n) is 3.01. The van der Waals surface area contributed by atoms with Crippen molar-refractivity contribution < 1.29 is 9.53 Å². The van der Waals surface area contributed by atoms with Crippen LogP contribution in [0.3, 0.4) is 0 Å². The molecule has 0 aliphatic heterocycles. The number of ether oxygens (including phenoxy) is 1. The predicted octanol–water partition coefficient (Wildman–Crippen LogP) is 4.43. The van der Waals surface area contributed by atoms with Crippen LogP contribution < -0.4 is 5.19 Å². The van der Waals surface area contributed by atoms with Crippen LogP contribution in [0.15, 0.2) is 72.8 Å². The van der Waals surface area contributed by atoms with E-state index in [0.29, 0.717) is 13.0 Å². The standard InChI is InChI=1S/C21H26O2Si/c1-4-5-16-23-21(22)17-20(18-12-8-6-9-13-18)24(2,3)19-14-10-7-11-15-19/h4-15,20H,16-17H2,1-3H3/b5-4+. The van der Waals surface area contributed by atoms with Crippen LogP contribution in [0.25, 0.3) is 0 Å². The first-order valence-corrected chi connectivity index (χ1v) is 11.5. The summed E-state index contributed by atoms with van der Waals surface area (Å²) < 4.78 is 5.36. The second-order valence-corrected chi connectivity index (χ2v) is 11.2. The Morgan fingerprint density at radius 1 is 1.04 bits per heavy atom. The number of hydrogen-bond acceptors (Lipinski definition) is 2. The lowest BCUT2D eigenvalue weighted by molar-refractivity contribution is -0.142. The summed E-state index contributed by atoms with van der Waals surface area (Å²) >= 11 is 0. The van der Waals surface area contributed by atoms with Crippen molar-refractivity contribution in [2.24, 2.45) is 0 Å². The van der Waals surface area contributed by atoms with Crippen LogP contribution in [-0.2, 0) is 9.53 Å². The molecule has 2 aromatic carbocycles. The van der Waals surface area contributed by atoms with Crippen molar-refractivity contribution in [2.45, 2.75) is 32.0 Å². The van der Waals surface area contributed by atoms with Crippen molar-refractivity contribution in [2.75, 3.05) is 6.61 Å². The summed E-state index contributed by atoms with van der Waals surface area (Å²) in [6.07, 6.45) is 4.18. The molecule has 0 heterocycles. The Kier molecular flexibility index (Phi) is 6.56. The minimum absolute atomic E-state index is 0.126. The summed E-state index contributed by atoms with van der Waals surface area (Å²) in [7, 11) is -1.88. The maximum absolute atomic E-state index is 12.3. The smallest absolute Gasteiger partial charge is 0.306 e. The summed E-state index contributed by atoms with van der Waals surface area (Å²) in [6.45, 7) is 6.94. The van der Waals surface area contributed by atoms with E-state index in [1.165, 1.54) is 10.8 Å². The van der Waals surface area contributed by atoms with E-state index in [1.807, 2.05) is 43.3 Å². The van der Waals surface area contributed by atoms with Gasteiger partial charge in [0.15, 0.2) is 0 Å². The molecule has 1 unspecified atom stereocenters. The number of carbonyl (C=O) groups is 1. The molecule has 2 nitrogen and oxygen atoms in total. The summed E-state index contributed by atoms with van der Waals surface area (Å²) in [5.41, 5.74) is 1.42. The molecule has 0 spiro atoms. The van der Waals surface area contributed by atoms with Gasteiger partial charge in [-0.25, -0.2) is 0 Å². The molecule has 3 heteroatoms. The van der Waals surface area contributed by atoms with Crippen LogP contribution in [0, 0.1) is 0 Å². The molecule has 0 radical (unpaired) electrons. The first kappa shape index (κ1) is 18.2. The zero-order valence-electron chi connectivity index (χ0n) is 14.7. The van der Waals surface area contributed by atoms with E-state index >= 15 is 0 Å². The van der Waals surface area contributed by atoms with Gasteiger partial charge in [-0.15, -0.1) is 0 Å². The lowest BCUT2D eigenvalue weighted by Gasteiger charge is -2.33. The Balaban J connectivity index is 2.28. The molecule has 0 bridgehead atoms. The van der Waals surface area contributed by atoms with Gasteiger partial charge in [-0.1, -0.05) is 91.1 Å². The minimum Gasteiger partial charge on any atom is -0.461 e. The minimum atomic E-state index is -1.88. The van der Waals surface area contributed by atoms with Crippen LogP contribution in [0.5, 0.6) is 0 Å². The van der Waals surface area contributed by atoms with Crippen LogP contribution in [-0.4, -0.2) is 20.7 Å². The molecule has 0 saturated carbocycles. The van der Waals surface area contributed by atoms with Gasteiger partial charge < -0.3 is 4.74 Å². The van der Waals surface area contributed by atoms with Crippen molar-refractivity contribution >= 4 is 19.2 Å². The lowest BCUT2D eigenvalue weighted by atomic mass is 10.1. The molecular formula is C21H26O2Si. The number of rotatable bonds is 7. The third-order valence-electron chi connectivity index (χ3n) is 4.54. The van der Waals surface area contributed by atoms with Crippen molar-refractivity contribution in [1.29, 1.82) is 0 Å². The van der Waals surface area contributed by atoms with Crippen molar-refractivity contribution in [1.82, 2.24) is 0 Å². The van der Waals surface area contributed by atoms with E-state index in [-0.39, 0.29) is 11.5 Å². The number of allylic oxidation sites excluding steroid dienone is 1. The van der Waals surface area contributed by atoms with Gasteiger partial charge in [0.25, 0.3) is 0 Å². The van der Waals surface area contributed by atoms with Gasteiger partial charge in [0, 0.05) is 0 Å². The molecule has 0 aliphatic carbocycles. The lowest BCUT2D eigenvalue weighted by Crippen LogP contribution is -2.48. The Hall–Kier alpha value is -2.13. The topological polar surface area (TPSA) is 26.3 Å². The molecule has 126 valence electrons. The molecule has 1 atom stereocenters. The van der Waals surface area contributed by atoms with E-state index in [9.17, 15) is 4.79 Å². The molecule has 0 amide bonds. The largest absolute Gasteiger partial charge is 0.461 e. The molecular weight excluding hydrogens is 312 g/mol. The first-order valence-electron chi connectivity index (χ1n) is 8.43. The summed E-state index contributed by atoms with van der Waals surface area (Å²) in [5, 5.41) is 1.36. The molecule has 24 heavy (non-hydrogen) atoms. The average molecular weight is 339 g/mol. The van der Waals surface area contributed by atoms with Gasteiger partial charge in [0.05, 0.1) is 14.5 Å². The first-order chi connectivity index (χ1) is 11.6. The highest BCUT2D eigenvalue weighted by Crippen LogP contribution is 2.30. The number of carbonyl (C=O) groups excluding carboxylic acids is 1. The number of hydrogen-bond donors (Lipinski definition) is 0. The zero-order chi connectivity index (χ0) is 17.4. The molecule has 0 fully saturated rings. The third-order valence-corrected chi connectivity index (χ3v) is 8.64. The van der Waals surface area contributed by atoms with E-state index in [4.69, 9.17) is 4.74 Å². The van der Waals surface area contributed by atoms with Crippen LogP contribution in [0.4, 0.5) is 0 Å². The SMILES string of the molecule is C/C=C/COC(=O)CC(c1ccccc1)[Si](C)(C)c1ccccc1. The second kappa shape index (κ2) is 8.64. The summed E-state index contributed by atoms with van der Waals surface area (Å²) in [4.78, 5) is 12.3. The predicted molar refractivity (Wildman–Crippen MR) is 103 cm³/mol. The monoisotopic (exact) mass is 338 g/mol. The third kappa shape index (κ3) is 4.68. The Bertz CT molecular complexity index is 663. The maximum atomic E-state index is 12.3. The van der Waals surface area contributed by atoms with Gasteiger partial charge in [-0.05, 0) is 18.0 Å². The van der Waals surface area contributed by atoms with Crippen LogP contribution >= 0.6 is 0 Å². The van der Waals surface area contributed by atoms with E-state index < -0.39 is 8.07 Å². The summed E-state index contributed by atoms with van der Waals surface area (Å²) in [6, 6.07) is 20.9. The molecule has 0 aliphatic rings. The molecule has 2 aromatic rings. The highest BCUT2D eigenvalue weighted by molar-refractivity contribution is 6.91. The Morgan fingerprint density at radius 3 is 2.21 bits per heavy atom. The normalized spacial score (nSPS) is 13.0. The van der Waals surface area contributed by atoms with Gasteiger partial charge >= 0.3 is 5.97 Å². The van der Waals surface area contributed by atoms with Crippen LogP contribution in [0.1, 0.15) is 24.4 Å². The highest BCUT2D eigenvalue weighted by Gasteiger charge is 2.36. The van der Waals surface area contributed by atoms with E-state index in [0.717, 1.165) is 0 Å². The van der Waals surface area contributed by atoms with Crippen molar-refractivity contribution in [3.63, 3.8) is 0 Å². The Morgan fingerprint density at radius 2 is 1.62 bits per heavy atom. The second-order valence-electron chi connectivity index (χ2n) is 6.51. The number of esters is 1. The van der Waals surface area contributed by atoms with Gasteiger partial charge in [0.2, 0.25) is 0 Å². The zero-order valence-corrected chi connectivity index (χ0v) is 15.7. The van der Waals surface area contributed by atoms with Gasteiger partial charge in [-0.2, -0.15) is 0 Å². The van der Waals surface area contributed by atoms with Gasteiger partial charge in [0.1, 0.15) is 6.61 Å². The highest BCUT2D eigenvalue weighted by atomic mass is 28.3. The van der Waals surface area contributed by atoms with Crippen LogP contribution in [0.2, 0.25) is 13.1 Å². The van der Waals surface area contributed by atoms with E-state index in [1.54, 1.807) is 0 Å². The quantitative estimate of drug-likeness (QED) is 0.424. The summed E-state index contributed by atoms with van der Waals surface area (Å²) in [5.74, 6) is -0.126. The number of benzene rings is 2. The molecule has 2 rings (SSSR count). The van der Waals surface area contributed by atoms with Gasteiger partial charge in [-0.3, -0.25) is 4.79 Å². The fraction of sp³-hybridized carbons (Fsp3) is 0.286. The molecule has 0 N–H and O–H groups in total. The average Bonchev–Trinajstić information content (AvgIpc) is 2.61.